The summed E-state index contributed by atoms with van der Waals surface area (Å²) in [6.45, 7) is 2.13. The maximum Gasteiger partial charge on any atom is 0.228 e. The second kappa shape index (κ2) is 10.4. The van der Waals surface area contributed by atoms with Crippen molar-refractivity contribution in [1.82, 2.24) is 0 Å². The predicted octanol–water partition coefficient (Wildman–Crippen LogP) is 6.70. The molecule has 1 amide bonds. The molecule has 0 radical (unpaired) electrons. The average Bonchev–Trinajstić information content (AvgIpc) is 3.61. The van der Waals surface area contributed by atoms with Crippen LogP contribution in [-0.4, -0.2) is 18.8 Å². The van der Waals surface area contributed by atoms with Crippen molar-refractivity contribution in [3.63, 3.8) is 0 Å². The monoisotopic (exact) mass is 465 g/mol. The van der Waals surface area contributed by atoms with Gasteiger partial charge in [-0.05, 0) is 78.3 Å². The molecular formula is C26H27NO3S2. The van der Waals surface area contributed by atoms with E-state index in [2.05, 4.69) is 36.5 Å². The molecule has 4 rings (SSSR count). The van der Waals surface area contributed by atoms with Crippen LogP contribution in [-0.2, 0) is 16.0 Å². The highest BCUT2D eigenvalue weighted by Crippen LogP contribution is 2.57. The Morgan fingerprint density at radius 1 is 0.938 bits per heavy atom. The number of anilines is 1. The Morgan fingerprint density at radius 2 is 1.59 bits per heavy atom. The number of carbonyl (C=O) groups excluding carboxylic acids is 1. The van der Waals surface area contributed by atoms with Crippen LogP contribution in [0.4, 0.5) is 5.69 Å². The lowest BCUT2D eigenvalue weighted by Gasteiger charge is -2.16. The zero-order chi connectivity index (χ0) is 22.4. The van der Waals surface area contributed by atoms with Crippen LogP contribution in [0.3, 0.4) is 0 Å². The Kier molecular flexibility index (Phi) is 7.33. The van der Waals surface area contributed by atoms with Crippen molar-refractivity contribution >= 4 is 35.4 Å². The van der Waals surface area contributed by atoms with Crippen molar-refractivity contribution < 1.29 is 13.7 Å². The van der Waals surface area contributed by atoms with Gasteiger partial charge in [0.2, 0.25) is 5.91 Å². The molecule has 1 aliphatic rings. The van der Waals surface area contributed by atoms with E-state index in [0.717, 1.165) is 41.3 Å². The molecule has 0 atom stereocenters. The van der Waals surface area contributed by atoms with Gasteiger partial charge in [-0.25, -0.2) is 0 Å². The number of hydrogen-bond donors (Lipinski definition) is 1. The van der Waals surface area contributed by atoms with Crippen molar-refractivity contribution in [2.24, 2.45) is 0 Å². The van der Waals surface area contributed by atoms with Crippen LogP contribution in [0.15, 0.2) is 77.7 Å². The van der Waals surface area contributed by atoms with Gasteiger partial charge < -0.3 is 14.2 Å². The maximum atomic E-state index is 12.4. The molecular weight excluding hydrogens is 438 g/mol. The Hall–Kier alpha value is -2.57. The molecule has 0 heterocycles. The fourth-order valence-corrected chi connectivity index (χ4v) is 4.94. The van der Waals surface area contributed by atoms with Crippen molar-refractivity contribution in [1.29, 1.82) is 0 Å². The third kappa shape index (κ3) is 5.81. The number of thioether (sulfide) groups is 1. The van der Waals surface area contributed by atoms with Gasteiger partial charge in [-0.1, -0.05) is 31.2 Å². The summed E-state index contributed by atoms with van der Waals surface area (Å²) in [7, 11) is 1.65. The molecule has 3 aromatic carbocycles. The van der Waals surface area contributed by atoms with Crippen molar-refractivity contribution in [3.05, 3.63) is 83.9 Å². The molecule has 1 N–H and O–H groups in total. The fraction of sp³-hybridized carbons (Fsp3) is 0.269. The lowest BCUT2D eigenvalue weighted by molar-refractivity contribution is -0.115. The molecule has 1 saturated carbocycles. The number of rotatable bonds is 10. The molecule has 1 fully saturated rings. The molecule has 0 aliphatic heterocycles. The molecule has 0 saturated heterocycles. The lowest BCUT2D eigenvalue weighted by Crippen LogP contribution is -2.14. The summed E-state index contributed by atoms with van der Waals surface area (Å²) in [6, 6.07) is 23.9. The molecule has 4 nitrogen and oxygen atoms in total. The minimum Gasteiger partial charge on any atom is -0.497 e. The second-order valence-corrected chi connectivity index (χ2v) is 10.2. The quantitative estimate of drug-likeness (QED) is 0.266. The first-order valence-corrected chi connectivity index (χ1v) is 12.4. The SMILES string of the molecule is CCSc1ccc(CC(=O)Nc2ccc(C3(SOc4ccc(OC)cc4)CC3)cc2)cc1. The summed E-state index contributed by atoms with van der Waals surface area (Å²) in [5.74, 6) is 2.66. The Labute approximate surface area is 198 Å². The molecule has 0 unspecified atom stereocenters. The number of nitrogens with one attached hydrogen (secondary N) is 1. The maximum absolute atomic E-state index is 12.4. The van der Waals surface area contributed by atoms with E-state index in [1.807, 2.05) is 48.5 Å². The highest BCUT2D eigenvalue weighted by Gasteiger charge is 2.47. The van der Waals surface area contributed by atoms with E-state index >= 15 is 0 Å². The highest BCUT2D eigenvalue weighted by atomic mass is 32.2. The van der Waals surface area contributed by atoms with Gasteiger partial charge >= 0.3 is 0 Å². The fourth-order valence-electron chi connectivity index (χ4n) is 3.41. The molecule has 1 aliphatic carbocycles. The summed E-state index contributed by atoms with van der Waals surface area (Å²) in [5.41, 5.74) is 3.05. The Morgan fingerprint density at radius 3 is 2.19 bits per heavy atom. The van der Waals surface area contributed by atoms with Gasteiger partial charge in [0.15, 0.2) is 0 Å². The second-order valence-electron chi connectivity index (χ2n) is 7.72. The van der Waals surface area contributed by atoms with Gasteiger partial charge in [0.1, 0.15) is 11.5 Å². The molecule has 6 heteroatoms. The smallest absolute Gasteiger partial charge is 0.228 e. The minimum absolute atomic E-state index is 0.00741. The summed E-state index contributed by atoms with van der Waals surface area (Å²) in [4.78, 5) is 13.7. The zero-order valence-electron chi connectivity index (χ0n) is 18.3. The van der Waals surface area contributed by atoms with Crippen LogP contribution in [0.2, 0.25) is 0 Å². The van der Waals surface area contributed by atoms with E-state index in [0.29, 0.717) is 6.42 Å². The van der Waals surface area contributed by atoms with Gasteiger partial charge in [0, 0.05) is 10.6 Å². The number of methoxy groups -OCH3 is 1. The van der Waals surface area contributed by atoms with Crippen LogP contribution in [0.25, 0.3) is 0 Å². The topological polar surface area (TPSA) is 47.6 Å². The largest absolute Gasteiger partial charge is 0.497 e. The number of carbonyl (C=O) groups is 1. The molecule has 3 aromatic rings. The van der Waals surface area contributed by atoms with Crippen molar-refractivity contribution in [2.75, 3.05) is 18.2 Å². The Bertz CT molecular complexity index is 1030. The van der Waals surface area contributed by atoms with E-state index in [1.54, 1.807) is 18.9 Å². The number of amides is 1. The Balaban J connectivity index is 1.30. The normalized spacial score (nSPS) is 13.9. The highest BCUT2D eigenvalue weighted by molar-refractivity contribution is 7.99. The predicted molar refractivity (Wildman–Crippen MR) is 134 cm³/mol. The van der Waals surface area contributed by atoms with E-state index in [-0.39, 0.29) is 10.7 Å². The van der Waals surface area contributed by atoms with E-state index in [4.69, 9.17) is 8.92 Å². The zero-order valence-corrected chi connectivity index (χ0v) is 19.9. The molecule has 0 spiro atoms. The minimum atomic E-state index is -0.0132. The molecule has 0 aromatic heterocycles. The van der Waals surface area contributed by atoms with E-state index < -0.39 is 0 Å². The van der Waals surface area contributed by atoms with Crippen LogP contribution in [0.1, 0.15) is 30.9 Å². The van der Waals surface area contributed by atoms with Gasteiger partial charge in [-0.15, -0.1) is 11.8 Å². The number of hydrogen-bond acceptors (Lipinski definition) is 5. The standard InChI is InChI=1S/C26H27NO3S2/c1-3-31-24-14-4-19(5-15-24)18-25(28)27-21-8-6-20(7-9-21)26(16-17-26)32-30-23-12-10-22(29-2)11-13-23/h4-15H,3,16-18H2,1-2H3,(H,27,28). The van der Waals surface area contributed by atoms with E-state index in [9.17, 15) is 4.79 Å². The van der Waals surface area contributed by atoms with Crippen LogP contribution in [0.5, 0.6) is 11.5 Å². The van der Waals surface area contributed by atoms with Crippen LogP contribution >= 0.6 is 23.8 Å². The number of benzene rings is 3. The van der Waals surface area contributed by atoms with Crippen molar-refractivity contribution in [3.8, 4) is 11.5 Å². The number of ether oxygens (including phenoxy) is 1. The van der Waals surface area contributed by atoms with E-state index in [1.165, 1.54) is 22.5 Å². The third-order valence-corrected chi connectivity index (χ3v) is 7.49. The summed E-state index contributed by atoms with van der Waals surface area (Å²) in [5, 5.41) is 3.00. The first-order chi connectivity index (χ1) is 15.6. The lowest BCUT2D eigenvalue weighted by atomic mass is 10.1. The molecule has 32 heavy (non-hydrogen) atoms. The van der Waals surface area contributed by atoms with Gasteiger partial charge in [-0.3, -0.25) is 4.79 Å². The average molecular weight is 466 g/mol. The third-order valence-electron chi connectivity index (χ3n) is 5.35. The van der Waals surface area contributed by atoms with Gasteiger partial charge in [0.25, 0.3) is 0 Å². The first kappa shape index (κ1) is 22.6. The summed E-state index contributed by atoms with van der Waals surface area (Å²) >= 11 is 3.31. The first-order valence-electron chi connectivity index (χ1n) is 10.7. The van der Waals surface area contributed by atoms with Gasteiger partial charge in [0.05, 0.1) is 30.3 Å². The molecule has 0 bridgehead atoms. The summed E-state index contributed by atoms with van der Waals surface area (Å²) < 4.78 is 11.1. The van der Waals surface area contributed by atoms with Crippen LogP contribution in [0, 0.1) is 0 Å². The van der Waals surface area contributed by atoms with Crippen molar-refractivity contribution in [2.45, 2.75) is 35.8 Å². The van der Waals surface area contributed by atoms with Crippen LogP contribution < -0.4 is 14.2 Å². The van der Waals surface area contributed by atoms with Gasteiger partial charge in [-0.2, -0.15) is 0 Å². The summed E-state index contributed by atoms with van der Waals surface area (Å²) in [6.07, 6.45) is 2.52. The molecule has 166 valence electrons.